The average Bonchev–Trinajstić information content (AvgIpc) is 3.38. The number of rotatable bonds is 8. The van der Waals surface area contributed by atoms with E-state index in [4.69, 9.17) is 4.74 Å². The number of fused-ring (bicyclic) bond motifs is 1. The van der Waals surface area contributed by atoms with Gasteiger partial charge in [-0.3, -0.25) is 9.89 Å². The van der Waals surface area contributed by atoms with Gasteiger partial charge in [-0.1, -0.05) is 0 Å². The molecule has 0 saturated carbocycles. The molecule has 12 heteroatoms. The third kappa shape index (κ3) is 6.66. The summed E-state index contributed by atoms with van der Waals surface area (Å²) in [6.07, 6.45) is 1.74. The van der Waals surface area contributed by atoms with Gasteiger partial charge in [0.25, 0.3) is 5.91 Å². The molecular formula is C30H33F2N7O2S. The number of amides is 1. The van der Waals surface area contributed by atoms with Gasteiger partial charge < -0.3 is 25.2 Å². The van der Waals surface area contributed by atoms with Crippen LogP contribution >= 0.6 is 11.8 Å². The van der Waals surface area contributed by atoms with Gasteiger partial charge in [0.1, 0.15) is 17.2 Å². The van der Waals surface area contributed by atoms with E-state index in [0.29, 0.717) is 52.0 Å². The number of hydrogen-bond donors (Lipinski definition) is 3. The molecule has 4 aromatic rings. The zero-order valence-electron chi connectivity index (χ0n) is 23.3. The van der Waals surface area contributed by atoms with Crippen LogP contribution in [0.1, 0.15) is 28.8 Å². The monoisotopic (exact) mass is 593 g/mol. The van der Waals surface area contributed by atoms with E-state index in [2.05, 4.69) is 48.7 Å². The summed E-state index contributed by atoms with van der Waals surface area (Å²) >= 11 is 1.34. The van der Waals surface area contributed by atoms with Crippen molar-refractivity contribution in [3.63, 3.8) is 0 Å². The Balaban J connectivity index is 1.22. The van der Waals surface area contributed by atoms with E-state index < -0.39 is 11.6 Å². The quantitative estimate of drug-likeness (QED) is 0.242. The molecule has 9 nitrogen and oxygen atoms in total. The van der Waals surface area contributed by atoms with E-state index in [-0.39, 0.29) is 11.9 Å². The number of anilines is 3. The van der Waals surface area contributed by atoms with E-state index in [1.165, 1.54) is 23.9 Å². The Hall–Kier alpha value is -3.74. The van der Waals surface area contributed by atoms with Crippen molar-refractivity contribution in [2.45, 2.75) is 29.7 Å². The Morgan fingerprint density at radius 2 is 1.81 bits per heavy atom. The number of nitrogens with zero attached hydrogens (tertiary/aromatic N) is 4. The summed E-state index contributed by atoms with van der Waals surface area (Å²) in [5.41, 5.74) is 4.08. The van der Waals surface area contributed by atoms with Crippen molar-refractivity contribution in [2.75, 3.05) is 62.0 Å². The van der Waals surface area contributed by atoms with E-state index in [1.54, 1.807) is 6.07 Å². The predicted molar refractivity (Wildman–Crippen MR) is 161 cm³/mol. The summed E-state index contributed by atoms with van der Waals surface area (Å²) in [6.45, 7) is 5.22. The number of H-pyrrole nitrogens is 1. The van der Waals surface area contributed by atoms with Crippen molar-refractivity contribution >= 4 is 45.9 Å². The van der Waals surface area contributed by atoms with Crippen LogP contribution in [0, 0.1) is 11.6 Å². The number of pyridine rings is 1. The topological polar surface area (TPSA) is 98.4 Å². The molecule has 2 aliphatic rings. The first-order valence-electron chi connectivity index (χ1n) is 14.1. The molecule has 0 unspecified atom stereocenters. The highest BCUT2D eigenvalue weighted by Gasteiger charge is 2.22. The first-order chi connectivity index (χ1) is 20.4. The molecule has 2 saturated heterocycles. The molecule has 220 valence electrons. The second-order valence-corrected chi connectivity index (χ2v) is 11.7. The molecule has 0 bridgehead atoms. The standard InChI is InChI=1S/C30H33F2N7O2S/c1-38-8-10-39(11-9-38)23-2-3-24(26(17-23)33-22-6-12-41-13-7-22)30(40)35-29-28-25(36-37-29)4-5-27(34-28)42-18-19-14-20(31)16-21(32)15-19/h2-5,14-17,22,33H,6-13,18H2,1H3,(H2,35,36,37,40). The Morgan fingerprint density at radius 3 is 2.57 bits per heavy atom. The van der Waals surface area contributed by atoms with Gasteiger partial charge in [-0.05, 0) is 67.9 Å². The molecule has 2 aliphatic heterocycles. The minimum atomic E-state index is -0.615. The molecule has 1 amide bonds. The van der Waals surface area contributed by atoms with Crippen LogP contribution in [0.5, 0.6) is 0 Å². The van der Waals surface area contributed by atoms with Gasteiger partial charge in [0.05, 0.1) is 16.1 Å². The lowest BCUT2D eigenvalue weighted by Gasteiger charge is -2.34. The van der Waals surface area contributed by atoms with Gasteiger partial charge in [-0.15, -0.1) is 11.8 Å². The number of carbonyl (C=O) groups is 1. The van der Waals surface area contributed by atoms with Crippen molar-refractivity contribution in [1.82, 2.24) is 20.1 Å². The normalized spacial score (nSPS) is 16.6. The third-order valence-electron chi connectivity index (χ3n) is 7.62. The second kappa shape index (κ2) is 12.6. The maximum absolute atomic E-state index is 13.7. The van der Waals surface area contributed by atoms with Crippen LogP contribution < -0.4 is 15.5 Å². The Bertz CT molecular complexity index is 1550. The SMILES string of the molecule is CN1CCN(c2ccc(C(=O)Nc3n[nH]c4ccc(SCc5cc(F)cc(F)c5)nc34)c(NC3CCOCC3)c2)CC1. The third-order valence-corrected chi connectivity index (χ3v) is 8.62. The Labute approximate surface area is 247 Å². The lowest BCUT2D eigenvalue weighted by Crippen LogP contribution is -2.44. The highest BCUT2D eigenvalue weighted by Crippen LogP contribution is 2.30. The van der Waals surface area contributed by atoms with E-state index in [0.717, 1.165) is 56.5 Å². The van der Waals surface area contributed by atoms with Crippen LogP contribution in [0.4, 0.5) is 26.0 Å². The Morgan fingerprint density at radius 1 is 1.05 bits per heavy atom. The molecule has 2 aromatic heterocycles. The van der Waals surface area contributed by atoms with Crippen molar-refractivity contribution < 1.29 is 18.3 Å². The molecule has 0 spiro atoms. The average molecular weight is 594 g/mol. The number of benzene rings is 2. The number of piperazine rings is 1. The lowest BCUT2D eigenvalue weighted by atomic mass is 10.1. The van der Waals surface area contributed by atoms with Crippen LogP contribution in [0.25, 0.3) is 11.0 Å². The number of halogens is 2. The first-order valence-corrected chi connectivity index (χ1v) is 15.1. The minimum absolute atomic E-state index is 0.215. The van der Waals surface area contributed by atoms with E-state index >= 15 is 0 Å². The molecule has 0 radical (unpaired) electrons. The van der Waals surface area contributed by atoms with Crippen LogP contribution in [0.15, 0.2) is 53.6 Å². The van der Waals surface area contributed by atoms with Gasteiger partial charge in [0.15, 0.2) is 5.82 Å². The number of hydrogen-bond acceptors (Lipinski definition) is 8. The molecule has 2 fully saturated rings. The lowest BCUT2D eigenvalue weighted by molar-refractivity contribution is 0.0904. The van der Waals surface area contributed by atoms with Gasteiger partial charge >= 0.3 is 0 Å². The highest BCUT2D eigenvalue weighted by molar-refractivity contribution is 7.98. The van der Waals surface area contributed by atoms with Crippen molar-refractivity contribution in [3.8, 4) is 0 Å². The largest absolute Gasteiger partial charge is 0.381 e. The van der Waals surface area contributed by atoms with Crippen LogP contribution in [0.2, 0.25) is 0 Å². The maximum Gasteiger partial charge on any atom is 0.259 e. The molecular weight excluding hydrogens is 560 g/mol. The number of carbonyl (C=O) groups excluding carboxylic acids is 1. The zero-order valence-corrected chi connectivity index (χ0v) is 24.1. The summed E-state index contributed by atoms with van der Waals surface area (Å²) in [5.74, 6) is -0.868. The highest BCUT2D eigenvalue weighted by atomic mass is 32.2. The van der Waals surface area contributed by atoms with Crippen LogP contribution in [-0.4, -0.2) is 78.5 Å². The first kappa shape index (κ1) is 28.4. The van der Waals surface area contributed by atoms with Crippen molar-refractivity contribution in [1.29, 1.82) is 0 Å². The molecule has 0 atom stereocenters. The number of likely N-dealkylation sites (N-methyl/N-ethyl adjacent to an activating group) is 1. The van der Waals surface area contributed by atoms with Gasteiger partial charge in [-0.25, -0.2) is 13.8 Å². The summed E-state index contributed by atoms with van der Waals surface area (Å²) in [4.78, 5) is 23.0. The smallest absolute Gasteiger partial charge is 0.259 e. The fourth-order valence-electron chi connectivity index (χ4n) is 5.25. The van der Waals surface area contributed by atoms with Crippen molar-refractivity contribution in [2.24, 2.45) is 0 Å². The number of aromatic amines is 1. The molecule has 4 heterocycles. The molecule has 6 rings (SSSR count). The van der Waals surface area contributed by atoms with Gasteiger partial charge in [-0.2, -0.15) is 5.10 Å². The maximum atomic E-state index is 13.7. The molecule has 0 aliphatic carbocycles. The number of ether oxygens (including phenoxy) is 1. The van der Waals surface area contributed by atoms with Crippen molar-refractivity contribution in [3.05, 3.63) is 71.3 Å². The minimum Gasteiger partial charge on any atom is -0.381 e. The van der Waals surface area contributed by atoms with Crippen LogP contribution in [0.3, 0.4) is 0 Å². The fourth-order valence-corrected chi connectivity index (χ4v) is 6.05. The molecule has 42 heavy (non-hydrogen) atoms. The predicted octanol–water partition coefficient (Wildman–Crippen LogP) is 5.12. The van der Waals surface area contributed by atoms with E-state index in [1.807, 2.05) is 18.2 Å². The zero-order chi connectivity index (χ0) is 29.1. The van der Waals surface area contributed by atoms with Crippen LogP contribution in [-0.2, 0) is 10.5 Å². The summed E-state index contributed by atoms with van der Waals surface area (Å²) in [6, 6.07) is 13.2. The molecule has 2 aromatic carbocycles. The van der Waals surface area contributed by atoms with Gasteiger partial charge in [0, 0.05) is 68.6 Å². The molecule has 3 N–H and O–H groups in total. The summed E-state index contributed by atoms with van der Waals surface area (Å²) in [7, 11) is 2.13. The van der Waals surface area contributed by atoms with Gasteiger partial charge in [0.2, 0.25) is 0 Å². The number of thioether (sulfide) groups is 1. The number of nitrogens with one attached hydrogen (secondary N) is 3. The number of aromatic nitrogens is 3. The second-order valence-electron chi connectivity index (χ2n) is 10.7. The fraction of sp³-hybridized carbons (Fsp3) is 0.367. The summed E-state index contributed by atoms with van der Waals surface area (Å²) in [5, 5.41) is 14.4. The summed E-state index contributed by atoms with van der Waals surface area (Å²) < 4.78 is 32.7. The Kier molecular flexibility index (Phi) is 8.54. The van der Waals surface area contributed by atoms with E-state index in [9.17, 15) is 13.6 Å².